The average molecular weight is 409 g/mol. The highest BCUT2D eigenvalue weighted by Crippen LogP contribution is 2.26. The van der Waals surface area contributed by atoms with Crippen molar-refractivity contribution in [2.45, 2.75) is 12.8 Å². The van der Waals surface area contributed by atoms with Gasteiger partial charge in [-0.05, 0) is 37.1 Å². The van der Waals surface area contributed by atoms with Crippen LogP contribution in [0.25, 0.3) is 0 Å². The maximum atomic E-state index is 12.5. The third kappa shape index (κ3) is 4.87. The Kier molecular flexibility index (Phi) is 6.86. The van der Waals surface area contributed by atoms with E-state index in [-0.39, 0.29) is 24.3 Å². The number of rotatable bonds is 7. The summed E-state index contributed by atoms with van der Waals surface area (Å²) in [5, 5.41) is 8.86. The number of nitrogens with zero attached hydrogens (tertiary/aromatic N) is 3. The van der Waals surface area contributed by atoms with E-state index in [1.165, 1.54) is 20.4 Å². The van der Waals surface area contributed by atoms with E-state index in [0.29, 0.717) is 48.6 Å². The van der Waals surface area contributed by atoms with E-state index in [0.717, 1.165) is 5.82 Å². The quantitative estimate of drug-likeness (QED) is 0.508. The highest BCUT2D eigenvalue weighted by Gasteiger charge is 2.27. The Morgan fingerprint density at radius 3 is 2.53 bits per heavy atom. The lowest BCUT2D eigenvalue weighted by Gasteiger charge is -2.31. The van der Waals surface area contributed by atoms with Crippen molar-refractivity contribution in [3.05, 3.63) is 47.7 Å². The van der Waals surface area contributed by atoms with Crippen LogP contribution in [0.3, 0.4) is 0 Å². The molecule has 2 heterocycles. The van der Waals surface area contributed by atoms with Crippen LogP contribution >= 0.6 is 0 Å². The minimum absolute atomic E-state index is 0.259. The number of carbonyl (C=O) groups is 2. The van der Waals surface area contributed by atoms with Gasteiger partial charge in [0.1, 0.15) is 23.4 Å². The van der Waals surface area contributed by atoms with Crippen LogP contribution in [-0.4, -0.2) is 50.7 Å². The Balaban J connectivity index is 1.51. The zero-order chi connectivity index (χ0) is 21.5. The van der Waals surface area contributed by atoms with Gasteiger partial charge in [0.25, 0.3) is 0 Å². The number of methoxy groups -OCH3 is 2. The van der Waals surface area contributed by atoms with Crippen molar-refractivity contribution in [2.24, 2.45) is 5.92 Å². The van der Waals surface area contributed by atoms with Crippen molar-refractivity contribution < 1.29 is 23.8 Å². The molecule has 0 atom stereocenters. The number of ketones is 1. The summed E-state index contributed by atoms with van der Waals surface area (Å²) in [6.45, 7) is 0.969. The summed E-state index contributed by atoms with van der Waals surface area (Å²) in [4.78, 5) is 31.2. The topological polar surface area (TPSA) is 102 Å². The Labute approximate surface area is 175 Å². The molecule has 1 aromatic carbocycles. The summed E-state index contributed by atoms with van der Waals surface area (Å²) in [7, 11) is 2.99. The number of hydrogen-bond donors (Lipinski definition) is 0. The van der Waals surface area contributed by atoms with Gasteiger partial charge in [-0.25, -0.2) is 4.98 Å². The lowest BCUT2D eigenvalue weighted by atomic mass is 9.97. The fourth-order valence-electron chi connectivity index (χ4n) is 3.34. The second-order valence-electron chi connectivity index (χ2n) is 6.88. The average Bonchev–Trinajstić information content (AvgIpc) is 2.82. The number of benzene rings is 1. The van der Waals surface area contributed by atoms with Crippen molar-refractivity contribution in [3.8, 4) is 17.6 Å². The summed E-state index contributed by atoms with van der Waals surface area (Å²) in [5.74, 6) is 0.765. The molecule has 1 saturated heterocycles. The van der Waals surface area contributed by atoms with Crippen molar-refractivity contribution in [2.75, 3.05) is 38.8 Å². The maximum Gasteiger partial charge on any atom is 0.309 e. The molecule has 0 spiro atoms. The minimum Gasteiger partial charge on any atom is -0.497 e. The van der Waals surface area contributed by atoms with Gasteiger partial charge in [-0.15, -0.1) is 0 Å². The molecule has 0 amide bonds. The predicted molar refractivity (Wildman–Crippen MR) is 109 cm³/mol. The second kappa shape index (κ2) is 9.74. The number of aromatic nitrogens is 1. The number of pyridine rings is 1. The normalized spacial score (nSPS) is 14.0. The third-order valence-electron chi connectivity index (χ3n) is 5.08. The molecular weight excluding hydrogens is 386 g/mol. The van der Waals surface area contributed by atoms with Crippen LogP contribution in [0.15, 0.2) is 36.5 Å². The summed E-state index contributed by atoms with van der Waals surface area (Å²) in [5.41, 5.74) is 0.850. The van der Waals surface area contributed by atoms with Gasteiger partial charge >= 0.3 is 5.97 Å². The van der Waals surface area contributed by atoms with Crippen LogP contribution in [-0.2, 0) is 9.53 Å². The number of esters is 1. The highest BCUT2D eigenvalue weighted by molar-refractivity contribution is 6.00. The van der Waals surface area contributed by atoms with Crippen molar-refractivity contribution >= 4 is 17.6 Å². The van der Waals surface area contributed by atoms with Gasteiger partial charge in [0.2, 0.25) is 5.78 Å². The lowest BCUT2D eigenvalue weighted by Crippen LogP contribution is -2.37. The van der Waals surface area contributed by atoms with Gasteiger partial charge in [0, 0.05) is 25.4 Å². The molecule has 1 aromatic heterocycles. The van der Waals surface area contributed by atoms with Gasteiger partial charge in [-0.3, -0.25) is 9.59 Å². The number of piperidine rings is 1. The van der Waals surface area contributed by atoms with Crippen LogP contribution in [0.2, 0.25) is 0 Å². The summed E-state index contributed by atoms with van der Waals surface area (Å²) >= 11 is 0. The maximum absolute atomic E-state index is 12.5. The number of nitriles is 1. The molecule has 0 unspecified atom stereocenters. The number of Topliss-reactive ketones (excluding diaryl/α,β-unsaturated/α-hetero) is 1. The van der Waals surface area contributed by atoms with E-state index >= 15 is 0 Å². The predicted octanol–water partition coefficient (Wildman–Crippen LogP) is 2.61. The zero-order valence-electron chi connectivity index (χ0n) is 17.0. The molecule has 0 N–H and O–H groups in total. The molecule has 8 nitrogen and oxygen atoms in total. The Morgan fingerprint density at radius 1 is 1.17 bits per heavy atom. The monoisotopic (exact) mass is 409 g/mol. The van der Waals surface area contributed by atoms with E-state index < -0.39 is 0 Å². The zero-order valence-corrected chi connectivity index (χ0v) is 17.0. The number of carbonyl (C=O) groups excluding carboxylic acids is 2. The Morgan fingerprint density at radius 2 is 1.93 bits per heavy atom. The van der Waals surface area contributed by atoms with Gasteiger partial charge < -0.3 is 19.1 Å². The first-order chi connectivity index (χ1) is 14.5. The van der Waals surface area contributed by atoms with Crippen LogP contribution in [0, 0.1) is 17.2 Å². The molecule has 8 heteroatoms. The first kappa shape index (κ1) is 21.1. The summed E-state index contributed by atoms with van der Waals surface area (Å²) in [6, 6.07) is 10.4. The Bertz CT molecular complexity index is 944. The molecule has 1 fully saturated rings. The molecule has 1 aliphatic heterocycles. The van der Waals surface area contributed by atoms with E-state index in [1.54, 1.807) is 30.3 Å². The molecule has 0 radical (unpaired) electrons. The molecular formula is C22H23N3O5. The largest absolute Gasteiger partial charge is 0.497 e. The molecule has 0 saturated carbocycles. The molecule has 3 rings (SSSR count). The van der Waals surface area contributed by atoms with Crippen LogP contribution in [0.1, 0.15) is 28.8 Å². The first-order valence-corrected chi connectivity index (χ1v) is 9.58. The van der Waals surface area contributed by atoms with Crippen LogP contribution in [0.4, 0.5) is 5.82 Å². The molecule has 2 aromatic rings. The van der Waals surface area contributed by atoms with Crippen molar-refractivity contribution in [1.29, 1.82) is 5.26 Å². The minimum atomic E-state index is -0.372. The van der Waals surface area contributed by atoms with Crippen molar-refractivity contribution in [3.63, 3.8) is 0 Å². The Hall–Kier alpha value is -3.60. The number of hydrogen-bond acceptors (Lipinski definition) is 8. The fourth-order valence-corrected chi connectivity index (χ4v) is 3.34. The lowest BCUT2D eigenvalue weighted by molar-refractivity contribution is -0.148. The highest BCUT2D eigenvalue weighted by atomic mass is 16.5. The van der Waals surface area contributed by atoms with Gasteiger partial charge in [-0.2, -0.15) is 5.26 Å². The summed E-state index contributed by atoms with van der Waals surface area (Å²) in [6.07, 6.45) is 2.76. The van der Waals surface area contributed by atoms with Crippen LogP contribution in [0.5, 0.6) is 11.5 Å². The van der Waals surface area contributed by atoms with E-state index in [4.69, 9.17) is 19.5 Å². The molecule has 0 bridgehead atoms. The molecule has 156 valence electrons. The van der Waals surface area contributed by atoms with E-state index in [9.17, 15) is 9.59 Å². The standard InChI is InChI=1S/C22H23N3O5/c1-28-17-4-5-18(20(11-17)29-2)19(26)14-30-22(27)16-7-9-25(10-8-16)21-6-3-15(12-23)13-24-21/h3-6,11,13,16H,7-10,14H2,1-2H3. The van der Waals surface area contributed by atoms with Crippen LogP contribution < -0.4 is 14.4 Å². The van der Waals surface area contributed by atoms with E-state index in [1.807, 2.05) is 6.07 Å². The second-order valence-corrected chi connectivity index (χ2v) is 6.88. The van der Waals surface area contributed by atoms with Crippen molar-refractivity contribution in [1.82, 2.24) is 4.98 Å². The van der Waals surface area contributed by atoms with Gasteiger partial charge in [0.05, 0.1) is 31.3 Å². The SMILES string of the molecule is COc1ccc(C(=O)COC(=O)C2CCN(c3ccc(C#N)cn3)CC2)c(OC)c1. The third-order valence-corrected chi connectivity index (χ3v) is 5.08. The van der Waals surface area contributed by atoms with Gasteiger partial charge in [-0.1, -0.05) is 0 Å². The first-order valence-electron chi connectivity index (χ1n) is 9.58. The van der Waals surface area contributed by atoms with E-state index in [2.05, 4.69) is 9.88 Å². The van der Waals surface area contributed by atoms with Gasteiger partial charge in [0.15, 0.2) is 6.61 Å². The molecule has 1 aliphatic rings. The smallest absolute Gasteiger partial charge is 0.309 e. The summed E-state index contributed by atoms with van der Waals surface area (Å²) < 4.78 is 15.6. The fraction of sp³-hybridized carbons (Fsp3) is 0.364. The molecule has 0 aliphatic carbocycles. The number of anilines is 1. The number of ether oxygens (including phenoxy) is 3. The molecule has 30 heavy (non-hydrogen) atoms.